The van der Waals surface area contributed by atoms with Gasteiger partial charge in [-0.25, -0.2) is 0 Å². The lowest BCUT2D eigenvalue weighted by Crippen LogP contribution is -2.39. The van der Waals surface area contributed by atoms with Crippen LogP contribution in [0.1, 0.15) is 10.4 Å². The Morgan fingerprint density at radius 2 is 2.28 bits per heavy atom. The maximum atomic E-state index is 12.1. The van der Waals surface area contributed by atoms with Crippen LogP contribution in [0.2, 0.25) is 0 Å². The van der Waals surface area contributed by atoms with Crippen LogP contribution < -0.4 is 5.32 Å². The van der Waals surface area contributed by atoms with Crippen molar-refractivity contribution in [1.82, 2.24) is 5.32 Å². The lowest BCUT2D eigenvalue weighted by Gasteiger charge is -2.14. The molecule has 1 aromatic heterocycles. The van der Waals surface area contributed by atoms with E-state index in [1.807, 2.05) is 24.3 Å². The van der Waals surface area contributed by atoms with E-state index in [0.717, 1.165) is 5.39 Å². The van der Waals surface area contributed by atoms with Crippen LogP contribution in [0.3, 0.4) is 0 Å². The van der Waals surface area contributed by atoms with Crippen molar-refractivity contribution < 1.29 is 13.9 Å². The highest BCUT2D eigenvalue weighted by Gasteiger charge is 2.16. The van der Waals surface area contributed by atoms with Gasteiger partial charge >= 0.3 is 0 Å². The van der Waals surface area contributed by atoms with Crippen molar-refractivity contribution in [3.63, 3.8) is 0 Å². The van der Waals surface area contributed by atoms with Crippen molar-refractivity contribution in [1.29, 1.82) is 0 Å². The molecule has 0 fully saturated rings. The Labute approximate surface area is 113 Å². The number of carbonyl (C=O) groups excluding carboxylic acids is 1. The molecule has 1 amide bonds. The molecule has 1 heterocycles. The molecule has 96 valence electrons. The van der Waals surface area contributed by atoms with E-state index in [1.54, 1.807) is 7.11 Å². The van der Waals surface area contributed by atoms with Gasteiger partial charge in [0.2, 0.25) is 0 Å². The van der Waals surface area contributed by atoms with Gasteiger partial charge in [-0.05, 0) is 6.07 Å². The first-order valence-electron chi connectivity index (χ1n) is 5.58. The highest BCUT2D eigenvalue weighted by Crippen LogP contribution is 2.20. The fourth-order valence-corrected chi connectivity index (χ4v) is 2.09. The maximum Gasteiger partial charge on any atom is 0.255 e. The molecular formula is C13H14BrNO3. The number of methoxy groups -OCH3 is 1. The quantitative estimate of drug-likeness (QED) is 0.863. The summed E-state index contributed by atoms with van der Waals surface area (Å²) in [5, 5.41) is 4.35. The number of rotatable bonds is 5. The summed E-state index contributed by atoms with van der Waals surface area (Å²) >= 11 is 3.34. The summed E-state index contributed by atoms with van der Waals surface area (Å²) < 4.78 is 10.4. The smallest absolute Gasteiger partial charge is 0.255 e. The summed E-state index contributed by atoms with van der Waals surface area (Å²) in [4.78, 5) is 12.1. The van der Waals surface area contributed by atoms with E-state index >= 15 is 0 Å². The number of hydrogen-bond acceptors (Lipinski definition) is 3. The number of benzene rings is 1. The topological polar surface area (TPSA) is 51.5 Å². The van der Waals surface area contributed by atoms with E-state index < -0.39 is 0 Å². The van der Waals surface area contributed by atoms with Crippen LogP contribution in [0, 0.1) is 0 Å². The Morgan fingerprint density at radius 1 is 1.50 bits per heavy atom. The normalized spacial score (nSPS) is 12.6. The largest absolute Gasteiger partial charge is 0.463 e. The summed E-state index contributed by atoms with van der Waals surface area (Å²) in [5.74, 6) is -0.151. The van der Waals surface area contributed by atoms with Crippen molar-refractivity contribution in [3.05, 3.63) is 36.1 Å². The molecule has 1 atom stereocenters. The molecule has 0 aliphatic carbocycles. The lowest BCUT2D eigenvalue weighted by molar-refractivity contribution is 0.0908. The molecule has 0 spiro atoms. The Hall–Kier alpha value is -1.33. The fourth-order valence-electron chi connectivity index (χ4n) is 1.74. The third-order valence-corrected chi connectivity index (χ3v) is 3.40. The minimum Gasteiger partial charge on any atom is -0.463 e. The highest BCUT2D eigenvalue weighted by molar-refractivity contribution is 9.09. The molecule has 0 radical (unpaired) electrons. The summed E-state index contributed by atoms with van der Waals surface area (Å²) in [7, 11) is 1.61. The van der Waals surface area contributed by atoms with Crippen LogP contribution in [0.5, 0.6) is 0 Å². The first-order chi connectivity index (χ1) is 8.76. The molecule has 5 heteroatoms. The highest BCUT2D eigenvalue weighted by atomic mass is 79.9. The van der Waals surface area contributed by atoms with Gasteiger partial charge in [-0.2, -0.15) is 0 Å². The van der Waals surface area contributed by atoms with Crippen LogP contribution in [0.25, 0.3) is 11.0 Å². The van der Waals surface area contributed by atoms with Gasteiger partial charge in [0.05, 0.1) is 18.2 Å². The van der Waals surface area contributed by atoms with Crippen molar-refractivity contribution in [2.24, 2.45) is 0 Å². The van der Waals surface area contributed by atoms with E-state index in [4.69, 9.17) is 9.15 Å². The number of furan rings is 1. The van der Waals surface area contributed by atoms with E-state index in [0.29, 0.717) is 23.1 Å². The Balaban J connectivity index is 2.18. The van der Waals surface area contributed by atoms with E-state index in [-0.39, 0.29) is 11.9 Å². The Bertz CT molecular complexity index is 538. The summed E-state index contributed by atoms with van der Waals surface area (Å²) in [6, 6.07) is 7.40. The summed E-state index contributed by atoms with van der Waals surface area (Å²) in [6.07, 6.45) is 1.48. The van der Waals surface area contributed by atoms with Gasteiger partial charge in [-0.3, -0.25) is 4.79 Å². The van der Waals surface area contributed by atoms with Crippen molar-refractivity contribution in [2.45, 2.75) is 6.04 Å². The molecule has 4 nitrogen and oxygen atoms in total. The number of carbonyl (C=O) groups is 1. The number of nitrogens with one attached hydrogen (secondary N) is 1. The Kier molecular flexibility index (Phi) is 4.38. The number of hydrogen-bond donors (Lipinski definition) is 1. The SMILES string of the molecule is COCC(CBr)NC(=O)c1coc2ccccc12. The number of alkyl halides is 1. The zero-order valence-electron chi connectivity index (χ0n) is 9.98. The average molecular weight is 312 g/mol. The van der Waals surface area contributed by atoms with Crippen LogP contribution >= 0.6 is 15.9 Å². The predicted molar refractivity (Wildman–Crippen MR) is 73.1 cm³/mol. The molecule has 1 aromatic carbocycles. The standard InChI is InChI=1S/C13H14BrNO3/c1-17-7-9(6-14)15-13(16)11-8-18-12-5-3-2-4-10(11)12/h2-5,8-9H,6-7H2,1H3,(H,15,16). The zero-order valence-corrected chi connectivity index (χ0v) is 11.6. The van der Waals surface area contributed by atoms with Crippen LogP contribution in [0.4, 0.5) is 0 Å². The van der Waals surface area contributed by atoms with Gasteiger partial charge in [0.15, 0.2) is 0 Å². The van der Waals surface area contributed by atoms with Crippen molar-refractivity contribution in [2.75, 3.05) is 19.0 Å². The predicted octanol–water partition coefficient (Wildman–Crippen LogP) is 2.57. The second-order valence-corrected chi connectivity index (χ2v) is 4.57. The van der Waals surface area contributed by atoms with Crippen LogP contribution in [-0.2, 0) is 4.74 Å². The second-order valence-electron chi connectivity index (χ2n) is 3.93. The monoisotopic (exact) mass is 311 g/mol. The van der Waals surface area contributed by atoms with Gasteiger partial charge in [-0.15, -0.1) is 0 Å². The van der Waals surface area contributed by atoms with E-state index in [9.17, 15) is 4.79 Å². The van der Waals surface area contributed by atoms with Gasteiger partial charge in [-0.1, -0.05) is 34.1 Å². The molecule has 1 N–H and O–H groups in total. The van der Waals surface area contributed by atoms with Crippen LogP contribution in [-0.4, -0.2) is 31.0 Å². The van der Waals surface area contributed by atoms with Crippen molar-refractivity contribution in [3.8, 4) is 0 Å². The number of fused-ring (bicyclic) bond motifs is 1. The molecule has 2 rings (SSSR count). The second kappa shape index (κ2) is 6.02. The Morgan fingerprint density at radius 3 is 3.00 bits per heavy atom. The molecule has 0 bridgehead atoms. The van der Waals surface area contributed by atoms with Gasteiger partial charge in [0.1, 0.15) is 11.8 Å². The van der Waals surface area contributed by atoms with Crippen LogP contribution in [0.15, 0.2) is 34.9 Å². The number of ether oxygens (including phenoxy) is 1. The molecule has 2 aromatic rings. The molecule has 0 saturated heterocycles. The minimum atomic E-state index is -0.151. The zero-order chi connectivity index (χ0) is 13.0. The third-order valence-electron chi connectivity index (χ3n) is 2.61. The molecule has 1 unspecified atom stereocenters. The number of halogens is 1. The molecular weight excluding hydrogens is 298 g/mol. The number of amides is 1. The van der Waals surface area contributed by atoms with E-state index in [2.05, 4.69) is 21.2 Å². The first-order valence-corrected chi connectivity index (χ1v) is 6.70. The molecule has 0 aliphatic rings. The lowest BCUT2D eigenvalue weighted by atomic mass is 10.1. The van der Waals surface area contributed by atoms with Crippen molar-refractivity contribution >= 4 is 32.8 Å². The molecule has 18 heavy (non-hydrogen) atoms. The summed E-state index contributed by atoms with van der Waals surface area (Å²) in [5.41, 5.74) is 1.26. The average Bonchev–Trinajstić information content (AvgIpc) is 2.82. The minimum absolute atomic E-state index is 0.0591. The first kappa shape index (κ1) is 13.1. The van der Waals surface area contributed by atoms with Gasteiger partial charge in [0, 0.05) is 17.8 Å². The van der Waals surface area contributed by atoms with E-state index in [1.165, 1.54) is 6.26 Å². The summed E-state index contributed by atoms with van der Waals surface area (Å²) in [6.45, 7) is 0.465. The maximum absolute atomic E-state index is 12.1. The number of para-hydroxylation sites is 1. The molecule has 0 saturated carbocycles. The van der Waals surface area contributed by atoms with Gasteiger partial charge < -0.3 is 14.5 Å². The fraction of sp³-hybridized carbons (Fsp3) is 0.308. The third kappa shape index (κ3) is 2.73. The molecule has 0 aliphatic heterocycles. The van der Waals surface area contributed by atoms with Gasteiger partial charge in [0.25, 0.3) is 5.91 Å².